The van der Waals surface area contributed by atoms with Crippen LogP contribution in [-0.2, 0) is 16.8 Å². The molecule has 128 valence electrons. The van der Waals surface area contributed by atoms with Gasteiger partial charge in [-0.25, -0.2) is 8.60 Å². The highest BCUT2D eigenvalue weighted by Crippen LogP contribution is 2.33. The zero-order valence-corrected chi connectivity index (χ0v) is 15.8. The molecule has 1 atom stereocenters. The van der Waals surface area contributed by atoms with Crippen molar-refractivity contribution in [3.8, 4) is 22.4 Å². The van der Waals surface area contributed by atoms with Gasteiger partial charge in [-0.3, -0.25) is 4.98 Å². The molecule has 0 saturated carbocycles. The van der Waals surface area contributed by atoms with Crippen LogP contribution < -0.4 is 0 Å². The summed E-state index contributed by atoms with van der Waals surface area (Å²) in [5, 5.41) is 0. The van der Waals surface area contributed by atoms with Crippen molar-refractivity contribution in [3.05, 3.63) is 76.1 Å². The van der Waals surface area contributed by atoms with Gasteiger partial charge in [0.1, 0.15) is 5.82 Å². The van der Waals surface area contributed by atoms with Gasteiger partial charge in [0.2, 0.25) is 0 Å². The molecule has 1 aromatic heterocycles. The topological polar surface area (TPSA) is 50.2 Å². The van der Waals surface area contributed by atoms with E-state index in [0.717, 1.165) is 21.2 Å². The second kappa shape index (κ2) is 7.56. The summed E-state index contributed by atoms with van der Waals surface area (Å²) in [5.41, 5.74) is 4.49. The van der Waals surface area contributed by atoms with Gasteiger partial charge in [0.25, 0.3) is 0 Å². The lowest BCUT2D eigenvalue weighted by Crippen LogP contribution is -1.98. The second-order valence-electron chi connectivity index (χ2n) is 5.64. The standard InChI is InChI=1S/C19H15BrFNO2S/c1-12-9-13(6-7-17(12)20)16-3-2-8-22-19(16)14-4-5-15(11-25(23)24)18(21)10-14/h2-10H,11H2,1H3,(H,23,24). The van der Waals surface area contributed by atoms with E-state index in [2.05, 4.69) is 20.9 Å². The Morgan fingerprint density at radius 1 is 1.16 bits per heavy atom. The first-order valence-corrected chi connectivity index (χ1v) is 9.60. The van der Waals surface area contributed by atoms with Gasteiger partial charge >= 0.3 is 0 Å². The van der Waals surface area contributed by atoms with E-state index >= 15 is 0 Å². The fraction of sp³-hybridized carbons (Fsp3) is 0.105. The molecule has 0 aliphatic heterocycles. The van der Waals surface area contributed by atoms with Crippen LogP contribution in [0, 0.1) is 12.7 Å². The Morgan fingerprint density at radius 2 is 1.92 bits per heavy atom. The van der Waals surface area contributed by atoms with Crippen molar-refractivity contribution < 1.29 is 13.2 Å². The molecule has 6 heteroatoms. The monoisotopic (exact) mass is 419 g/mol. The molecular formula is C19H15BrFNO2S. The van der Waals surface area contributed by atoms with E-state index in [1.54, 1.807) is 12.3 Å². The van der Waals surface area contributed by atoms with Crippen molar-refractivity contribution in [1.82, 2.24) is 4.98 Å². The van der Waals surface area contributed by atoms with Gasteiger partial charge in [0.05, 0.1) is 11.4 Å². The maximum atomic E-state index is 14.3. The van der Waals surface area contributed by atoms with Crippen LogP contribution in [0.3, 0.4) is 0 Å². The first-order chi connectivity index (χ1) is 12.0. The van der Waals surface area contributed by atoms with Gasteiger partial charge in [-0.2, -0.15) is 0 Å². The second-order valence-corrected chi connectivity index (χ2v) is 7.42. The lowest BCUT2D eigenvalue weighted by molar-refractivity contribution is 0.559. The predicted octanol–water partition coefficient (Wildman–Crippen LogP) is 5.35. The molecular weight excluding hydrogens is 405 g/mol. The molecule has 0 aliphatic rings. The van der Waals surface area contributed by atoms with Gasteiger partial charge in [-0.15, -0.1) is 0 Å². The molecule has 1 N–H and O–H groups in total. The molecule has 0 radical (unpaired) electrons. The molecule has 0 fully saturated rings. The van der Waals surface area contributed by atoms with Crippen molar-refractivity contribution >= 4 is 27.0 Å². The zero-order chi connectivity index (χ0) is 18.0. The molecule has 0 aliphatic carbocycles. The summed E-state index contributed by atoms with van der Waals surface area (Å²) >= 11 is 1.41. The Labute approximate surface area is 156 Å². The molecule has 2 aromatic carbocycles. The predicted molar refractivity (Wildman–Crippen MR) is 102 cm³/mol. The minimum atomic E-state index is -2.08. The number of aromatic nitrogens is 1. The lowest BCUT2D eigenvalue weighted by Gasteiger charge is -2.11. The molecule has 3 nitrogen and oxygen atoms in total. The van der Waals surface area contributed by atoms with E-state index in [4.69, 9.17) is 4.55 Å². The maximum absolute atomic E-state index is 14.3. The molecule has 0 saturated heterocycles. The summed E-state index contributed by atoms with van der Waals surface area (Å²) in [6.45, 7) is 2.01. The number of pyridine rings is 1. The van der Waals surface area contributed by atoms with Crippen molar-refractivity contribution in [1.29, 1.82) is 0 Å². The number of aryl methyl sites for hydroxylation is 1. The van der Waals surface area contributed by atoms with E-state index in [-0.39, 0.29) is 11.3 Å². The van der Waals surface area contributed by atoms with E-state index in [9.17, 15) is 8.60 Å². The SMILES string of the molecule is Cc1cc(-c2cccnc2-c2ccc(CS(=O)O)c(F)c2)ccc1Br. The molecule has 1 unspecified atom stereocenters. The zero-order valence-electron chi connectivity index (χ0n) is 13.4. The smallest absolute Gasteiger partial charge is 0.157 e. The summed E-state index contributed by atoms with van der Waals surface area (Å²) in [6.07, 6.45) is 1.67. The molecule has 3 rings (SSSR count). The molecule has 0 amide bonds. The minimum Gasteiger partial charge on any atom is -0.306 e. The van der Waals surface area contributed by atoms with Crippen LogP contribution in [0.1, 0.15) is 11.1 Å². The van der Waals surface area contributed by atoms with E-state index in [1.165, 1.54) is 12.1 Å². The van der Waals surface area contributed by atoms with Crippen molar-refractivity contribution in [2.75, 3.05) is 0 Å². The molecule has 1 heterocycles. The number of benzene rings is 2. The van der Waals surface area contributed by atoms with Crippen LogP contribution in [0.15, 0.2) is 59.2 Å². The van der Waals surface area contributed by atoms with Crippen LogP contribution in [-0.4, -0.2) is 13.7 Å². The van der Waals surface area contributed by atoms with Crippen LogP contribution in [0.2, 0.25) is 0 Å². The average molecular weight is 420 g/mol. The first-order valence-electron chi connectivity index (χ1n) is 7.53. The largest absolute Gasteiger partial charge is 0.306 e. The lowest BCUT2D eigenvalue weighted by atomic mass is 9.97. The van der Waals surface area contributed by atoms with Gasteiger partial charge in [-0.1, -0.05) is 46.3 Å². The van der Waals surface area contributed by atoms with Gasteiger partial charge in [0, 0.05) is 27.4 Å². The number of nitrogens with zero attached hydrogens (tertiary/aromatic N) is 1. The molecule has 25 heavy (non-hydrogen) atoms. The minimum absolute atomic E-state index is 0.210. The number of hydrogen-bond donors (Lipinski definition) is 1. The third-order valence-electron chi connectivity index (χ3n) is 3.88. The van der Waals surface area contributed by atoms with Crippen LogP contribution in [0.25, 0.3) is 22.4 Å². The number of hydrogen-bond acceptors (Lipinski definition) is 2. The number of halogens is 2. The van der Waals surface area contributed by atoms with Crippen LogP contribution in [0.5, 0.6) is 0 Å². The summed E-state index contributed by atoms with van der Waals surface area (Å²) in [6, 6.07) is 14.4. The fourth-order valence-corrected chi connectivity index (χ4v) is 3.37. The van der Waals surface area contributed by atoms with Gasteiger partial charge in [0.15, 0.2) is 11.1 Å². The molecule has 0 spiro atoms. The van der Waals surface area contributed by atoms with Gasteiger partial charge < -0.3 is 4.55 Å². The van der Waals surface area contributed by atoms with Crippen molar-refractivity contribution in [3.63, 3.8) is 0 Å². The third-order valence-corrected chi connectivity index (χ3v) is 5.33. The fourth-order valence-electron chi connectivity index (χ4n) is 2.63. The third kappa shape index (κ3) is 4.03. The average Bonchev–Trinajstić information content (AvgIpc) is 2.59. The van der Waals surface area contributed by atoms with E-state index in [0.29, 0.717) is 11.3 Å². The Bertz CT molecular complexity index is 962. The Hall–Kier alpha value is -1.89. The highest BCUT2D eigenvalue weighted by atomic mass is 79.9. The summed E-state index contributed by atoms with van der Waals surface area (Å²) in [4.78, 5) is 4.42. The summed E-state index contributed by atoms with van der Waals surface area (Å²) in [7, 11) is 0. The van der Waals surface area contributed by atoms with E-state index < -0.39 is 16.9 Å². The highest BCUT2D eigenvalue weighted by molar-refractivity contribution is 9.10. The molecule has 0 bridgehead atoms. The number of rotatable bonds is 4. The summed E-state index contributed by atoms with van der Waals surface area (Å²) < 4.78 is 35.1. The maximum Gasteiger partial charge on any atom is 0.157 e. The Balaban J connectivity index is 2.08. The van der Waals surface area contributed by atoms with Crippen molar-refractivity contribution in [2.45, 2.75) is 12.7 Å². The quantitative estimate of drug-likeness (QED) is 0.579. The Morgan fingerprint density at radius 3 is 2.60 bits per heavy atom. The first kappa shape index (κ1) is 17.9. The molecule has 3 aromatic rings. The van der Waals surface area contributed by atoms with E-state index in [1.807, 2.05) is 37.3 Å². The van der Waals surface area contributed by atoms with Crippen molar-refractivity contribution in [2.24, 2.45) is 0 Å². The Kier molecular flexibility index (Phi) is 5.42. The highest BCUT2D eigenvalue weighted by Gasteiger charge is 2.13. The summed E-state index contributed by atoms with van der Waals surface area (Å²) in [5.74, 6) is -0.740. The normalized spacial score (nSPS) is 12.2. The van der Waals surface area contributed by atoms with Crippen LogP contribution in [0.4, 0.5) is 4.39 Å². The van der Waals surface area contributed by atoms with Crippen LogP contribution >= 0.6 is 15.9 Å². The van der Waals surface area contributed by atoms with Gasteiger partial charge in [-0.05, 0) is 36.2 Å².